The van der Waals surface area contributed by atoms with Crippen molar-refractivity contribution in [3.05, 3.63) is 62.3 Å². The van der Waals surface area contributed by atoms with Crippen molar-refractivity contribution >= 4 is 5.82 Å². The molecule has 1 aromatic carbocycles. The highest BCUT2D eigenvalue weighted by Crippen LogP contribution is 2.19. The van der Waals surface area contributed by atoms with Gasteiger partial charge in [0.1, 0.15) is 5.82 Å². The van der Waals surface area contributed by atoms with Crippen LogP contribution in [-0.4, -0.2) is 34.8 Å². The number of nitrogens with one attached hydrogen (secondary N) is 1. The second kappa shape index (κ2) is 8.23. The van der Waals surface area contributed by atoms with E-state index in [9.17, 15) is 14.9 Å². The van der Waals surface area contributed by atoms with Crippen LogP contribution in [0.15, 0.2) is 39.9 Å². The molecule has 7 nitrogen and oxygen atoms in total. The van der Waals surface area contributed by atoms with E-state index < -0.39 is 0 Å². The molecule has 27 heavy (non-hydrogen) atoms. The molecule has 1 N–H and O–H groups in total. The molecule has 2 heterocycles. The summed E-state index contributed by atoms with van der Waals surface area (Å²) in [7, 11) is 1.48. The molecule has 0 amide bonds. The van der Waals surface area contributed by atoms with E-state index in [1.165, 1.54) is 13.1 Å². The van der Waals surface area contributed by atoms with Crippen molar-refractivity contribution in [1.82, 2.24) is 14.5 Å². The third-order valence-corrected chi connectivity index (χ3v) is 5.08. The number of nitrogens with zero attached hydrogens (tertiary/aromatic N) is 4. The molecular formula is C20H25N5O2. The van der Waals surface area contributed by atoms with E-state index in [0.717, 1.165) is 42.6 Å². The Bertz CT molecular complexity index is 968. The zero-order valence-corrected chi connectivity index (χ0v) is 15.8. The number of aromatic nitrogens is 2. The van der Waals surface area contributed by atoms with Gasteiger partial charge in [-0.25, -0.2) is 4.79 Å². The lowest BCUT2D eigenvalue weighted by Gasteiger charge is -2.35. The Morgan fingerprint density at radius 2 is 2.07 bits per heavy atom. The summed E-state index contributed by atoms with van der Waals surface area (Å²) in [6.07, 6.45) is 2.08. The van der Waals surface area contributed by atoms with Crippen LogP contribution in [0.2, 0.25) is 0 Å². The molecule has 0 bridgehead atoms. The van der Waals surface area contributed by atoms with Crippen molar-refractivity contribution in [2.24, 2.45) is 7.05 Å². The predicted molar refractivity (Wildman–Crippen MR) is 105 cm³/mol. The highest BCUT2D eigenvalue weighted by atomic mass is 16.2. The molecule has 0 saturated carbocycles. The predicted octanol–water partition coefficient (Wildman–Crippen LogP) is 1.05. The summed E-state index contributed by atoms with van der Waals surface area (Å²) in [5.41, 5.74) is 0.622. The second-order valence-corrected chi connectivity index (χ2v) is 6.88. The van der Waals surface area contributed by atoms with E-state index in [2.05, 4.69) is 23.2 Å². The van der Waals surface area contributed by atoms with Crippen molar-refractivity contribution in [1.29, 1.82) is 5.26 Å². The topological polar surface area (TPSA) is 83.1 Å². The van der Waals surface area contributed by atoms with Crippen molar-refractivity contribution < 1.29 is 0 Å². The standard InChI is InChI=1S/C20H25N5O2/c1-3-22-17-9-6-10-24(14-17)18-11-19(26)23(2)20(27)25(18)13-16-8-5-4-7-15(16)12-21/h4-5,7-8,11,17,22H,3,6,9-10,13-14H2,1-2H3. The fraction of sp³-hybridized carbons (Fsp3) is 0.450. The van der Waals surface area contributed by atoms with Gasteiger partial charge in [-0.15, -0.1) is 0 Å². The lowest BCUT2D eigenvalue weighted by Crippen LogP contribution is -2.49. The van der Waals surface area contributed by atoms with Gasteiger partial charge in [0.25, 0.3) is 5.56 Å². The third-order valence-electron chi connectivity index (χ3n) is 5.08. The average molecular weight is 367 g/mol. The largest absolute Gasteiger partial charge is 0.356 e. The minimum atomic E-state index is -0.365. The monoisotopic (exact) mass is 367 g/mol. The smallest absolute Gasteiger partial charge is 0.332 e. The molecule has 1 atom stereocenters. The maximum atomic E-state index is 12.9. The number of nitriles is 1. The molecule has 0 aliphatic carbocycles. The van der Waals surface area contributed by atoms with Crippen LogP contribution in [0.5, 0.6) is 0 Å². The SMILES string of the molecule is CCNC1CCCN(c2cc(=O)n(C)c(=O)n2Cc2ccccc2C#N)C1. The Morgan fingerprint density at radius 1 is 1.30 bits per heavy atom. The van der Waals surface area contributed by atoms with Gasteiger partial charge in [0, 0.05) is 32.2 Å². The van der Waals surface area contributed by atoms with E-state index >= 15 is 0 Å². The van der Waals surface area contributed by atoms with Crippen LogP contribution in [-0.2, 0) is 13.6 Å². The second-order valence-electron chi connectivity index (χ2n) is 6.88. The van der Waals surface area contributed by atoms with Crippen molar-refractivity contribution in [3.8, 4) is 6.07 Å². The number of benzene rings is 1. The van der Waals surface area contributed by atoms with Gasteiger partial charge in [0.15, 0.2) is 0 Å². The van der Waals surface area contributed by atoms with E-state index in [-0.39, 0.29) is 17.8 Å². The van der Waals surface area contributed by atoms with Crippen LogP contribution in [0, 0.1) is 11.3 Å². The fourth-order valence-electron chi connectivity index (χ4n) is 3.65. The Hall–Kier alpha value is -2.85. The Morgan fingerprint density at radius 3 is 2.81 bits per heavy atom. The Kier molecular flexibility index (Phi) is 5.77. The Balaban J connectivity index is 2.05. The summed E-state index contributed by atoms with van der Waals surface area (Å²) in [5, 5.41) is 12.8. The lowest BCUT2D eigenvalue weighted by atomic mass is 10.1. The van der Waals surface area contributed by atoms with Gasteiger partial charge >= 0.3 is 5.69 Å². The van der Waals surface area contributed by atoms with Gasteiger partial charge in [-0.3, -0.25) is 13.9 Å². The van der Waals surface area contributed by atoms with Crippen molar-refractivity contribution in [2.75, 3.05) is 24.5 Å². The van der Waals surface area contributed by atoms with Crippen molar-refractivity contribution in [2.45, 2.75) is 32.4 Å². The van der Waals surface area contributed by atoms with Gasteiger partial charge in [-0.05, 0) is 31.0 Å². The molecule has 142 valence electrons. The van der Waals surface area contributed by atoms with Crippen LogP contribution in [0.3, 0.4) is 0 Å². The highest BCUT2D eigenvalue weighted by molar-refractivity contribution is 5.42. The molecule has 0 spiro atoms. The van der Waals surface area contributed by atoms with Crippen LogP contribution in [0.25, 0.3) is 0 Å². The molecule has 2 aromatic rings. The number of hydrogen-bond acceptors (Lipinski definition) is 5. The summed E-state index contributed by atoms with van der Waals surface area (Å²) >= 11 is 0. The maximum Gasteiger partial charge on any atom is 0.332 e. The molecule has 3 rings (SSSR count). The fourth-order valence-corrected chi connectivity index (χ4v) is 3.65. The third kappa shape index (κ3) is 3.96. The zero-order valence-electron chi connectivity index (χ0n) is 15.8. The number of hydrogen-bond donors (Lipinski definition) is 1. The molecule has 7 heteroatoms. The molecule has 1 aromatic heterocycles. The summed E-state index contributed by atoms with van der Waals surface area (Å²) < 4.78 is 2.72. The lowest BCUT2D eigenvalue weighted by molar-refractivity contribution is 0.424. The number of piperidine rings is 1. The molecule has 1 aliphatic heterocycles. The zero-order chi connectivity index (χ0) is 19.4. The first kappa shape index (κ1) is 18.9. The minimum absolute atomic E-state index is 0.258. The summed E-state index contributed by atoms with van der Waals surface area (Å²) in [6.45, 7) is 4.77. The summed E-state index contributed by atoms with van der Waals surface area (Å²) in [6, 6.07) is 11.3. The molecule has 1 saturated heterocycles. The van der Waals surface area contributed by atoms with E-state index in [1.54, 1.807) is 16.7 Å². The molecule has 1 aliphatic rings. The average Bonchev–Trinajstić information content (AvgIpc) is 2.69. The van der Waals surface area contributed by atoms with Crippen LogP contribution in [0.1, 0.15) is 30.9 Å². The number of rotatable bonds is 5. The number of likely N-dealkylation sites (N-methyl/N-ethyl adjacent to an activating group) is 1. The molecule has 1 unspecified atom stereocenters. The minimum Gasteiger partial charge on any atom is -0.356 e. The first-order valence-corrected chi connectivity index (χ1v) is 9.32. The quantitative estimate of drug-likeness (QED) is 0.854. The van der Waals surface area contributed by atoms with E-state index in [1.807, 2.05) is 12.1 Å². The number of anilines is 1. The summed E-state index contributed by atoms with van der Waals surface area (Å²) in [4.78, 5) is 27.3. The summed E-state index contributed by atoms with van der Waals surface area (Å²) in [5.74, 6) is 0.624. The van der Waals surface area contributed by atoms with Gasteiger partial charge < -0.3 is 10.2 Å². The molecule has 1 fully saturated rings. The van der Waals surface area contributed by atoms with Crippen LogP contribution in [0.4, 0.5) is 5.82 Å². The van der Waals surface area contributed by atoms with Gasteiger partial charge in [0.2, 0.25) is 0 Å². The first-order chi connectivity index (χ1) is 13.0. The maximum absolute atomic E-state index is 12.9. The normalized spacial score (nSPS) is 16.9. The van der Waals surface area contributed by atoms with Gasteiger partial charge in [0.05, 0.1) is 18.2 Å². The van der Waals surface area contributed by atoms with Crippen molar-refractivity contribution in [3.63, 3.8) is 0 Å². The van der Waals surface area contributed by atoms with Crippen LogP contribution >= 0.6 is 0 Å². The van der Waals surface area contributed by atoms with Crippen LogP contribution < -0.4 is 21.5 Å². The molecular weight excluding hydrogens is 342 g/mol. The van der Waals surface area contributed by atoms with Gasteiger partial charge in [-0.1, -0.05) is 25.1 Å². The molecule has 0 radical (unpaired) electrons. The first-order valence-electron chi connectivity index (χ1n) is 9.32. The van der Waals surface area contributed by atoms with E-state index in [4.69, 9.17) is 0 Å². The highest BCUT2D eigenvalue weighted by Gasteiger charge is 2.23. The Labute approximate surface area is 158 Å². The van der Waals surface area contributed by atoms with Gasteiger partial charge in [-0.2, -0.15) is 5.26 Å². The van der Waals surface area contributed by atoms with E-state index in [0.29, 0.717) is 17.4 Å².